The van der Waals surface area contributed by atoms with Crippen LogP contribution in [0.4, 0.5) is 5.95 Å². The number of rotatable bonds is 6. The second kappa shape index (κ2) is 8.17. The number of hydrogen-bond donors (Lipinski definition) is 1. The van der Waals surface area contributed by atoms with Crippen molar-refractivity contribution in [2.24, 2.45) is 0 Å². The van der Waals surface area contributed by atoms with Gasteiger partial charge in [0.25, 0.3) is 0 Å². The Labute approximate surface area is 180 Å². The summed E-state index contributed by atoms with van der Waals surface area (Å²) < 4.78 is 13.3. The fourth-order valence-corrected chi connectivity index (χ4v) is 4.45. The maximum atomic E-state index is 6.88. The molecule has 1 unspecified atom stereocenters. The molecule has 152 valence electrons. The maximum absolute atomic E-state index is 6.88. The van der Waals surface area contributed by atoms with Gasteiger partial charge in [0.05, 0.1) is 28.9 Å². The van der Waals surface area contributed by atoms with E-state index in [4.69, 9.17) is 37.7 Å². The lowest BCUT2D eigenvalue weighted by atomic mass is 9.97. The van der Waals surface area contributed by atoms with Gasteiger partial charge < -0.3 is 19.4 Å². The van der Waals surface area contributed by atoms with Crippen LogP contribution in [-0.2, 0) is 11.3 Å². The fraction of sp³-hybridized carbons (Fsp3) is 0.318. The van der Waals surface area contributed by atoms with E-state index in [9.17, 15) is 0 Å². The van der Waals surface area contributed by atoms with Crippen LogP contribution in [0.3, 0.4) is 0 Å². The molecule has 0 fully saturated rings. The van der Waals surface area contributed by atoms with Gasteiger partial charge in [-0.05, 0) is 37.1 Å². The second-order valence-corrected chi connectivity index (χ2v) is 7.72. The molecule has 29 heavy (non-hydrogen) atoms. The zero-order valence-electron chi connectivity index (χ0n) is 16.5. The minimum Gasteiger partial charge on any atom is -0.497 e. The van der Waals surface area contributed by atoms with E-state index in [1.807, 2.05) is 12.1 Å². The molecule has 1 atom stereocenters. The van der Waals surface area contributed by atoms with Gasteiger partial charge in [0.2, 0.25) is 5.95 Å². The van der Waals surface area contributed by atoms with Crippen molar-refractivity contribution >= 4 is 40.2 Å². The minimum atomic E-state index is -0.161. The average Bonchev–Trinajstić information content (AvgIpc) is 3.13. The minimum absolute atomic E-state index is 0.161. The molecule has 1 aliphatic heterocycles. The van der Waals surface area contributed by atoms with Crippen LogP contribution in [0.5, 0.6) is 5.75 Å². The number of fused-ring (bicyclic) bond motifs is 3. The Morgan fingerprint density at radius 1 is 1.31 bits per heavy atom. The van der Waals surface area contributed by atoms with Crippen LogP contribution in [0.15, 0.2) is 37.1 Å². The zero-order valence-corrected chi connectivity index (χ0v) is 18.0. The second-order valence-electron chi connectivity index (χ2n) is 6.94. The molecule has 1 aromatic heterocycles. The summed E-state index contributed by atoms with van der Waals surface area (Å²) in [5, 5.41) is 4.51. The number of halogens is 2. The maximum Gasteiger partial charge on any atom is 0.203 e. The Kier molecular flexibility index (Phi) is 5.61. The Morgan fingerprint density at radius 3 is 2.83 bits per heavy atom. The van der Waals surface area contributed by atoms with E-state index in [-0.39, 0.29) is 6.10 Å². The molecule has 0 saturated heterocycles. The van der Waals surface area contributed by atoms with Crippen LogP contribution in [0.25, 0.3) is 22.2 Å². The van der Waals surface area contributed by atoms with E-state index >= 15 is 0 Å². The Balaban J connectivity index is 2.01. The number of aromatic nitrogens is 2. The number of ether oxygens (including phenoxy) is 2. The van der Waals surface area contributed by atoms with Crippen LogP contribution in [-0.4, -0.2) is 23.2 Å². The summed E-state index contributed by atoms with van der Waals surface area (Å²) in [4.78, 5) is 4.81. The summed E-state index contributed by atoms with van der Waals surface area (Å²) in [6.45, 7) is 7.61. The molecule has 1 aliphatic rings. The standard InChI is InChI=1S/C22H23Cl2N3O2/c1-4-18(29-5-2)16-12-15(14-8-7-13(28-3)11-17(14)23)19(24)20-21(16)27-10-6-9-25-22(27)26-20/h5,7-8,11-12,18H,2,4,6,9-10H2,1,3H3,(H,25,26). The summed E-state index contributed by atoms with van der Waals surface area (Å²) in [6.07, 6.45) is 3.14. The number of nitrogens with zero attached hydrogens (tertiary/aromatic N) is 2. The van der Waals surface area contributed by atoms with Crippen molar-refractivity contribution in [1.82, 2.24) is 9.55 Å². The van der Waals surface area contributed by atoms with Gasteiger partial charge in [-0.25, -0.2) is 4.98 Å². The molecule has 3 aromatic rings. The third kappa shape index (κ3) is 3.43. The molecular formula is C22H23Cl2N3O2. The lowest BCUT2D eigenvalue weighted by Crippen LogP contribution is -2.17. The van der Waals surface area contributed by atoms with Crippen LogP contribution in [0.1, 0.15) is 31.4 Å². The average molecular weight is 432 g/mol. The van der Waals surface area contributed by atoms with Gasteiger partial charge >= 0.3 is 0 Å². The van der Waals surface area contributed by atoms with Crippen molar-refractivity contribution in [2.45, 2.75) is 32.4 Å². The Bertz CT molecular complexity index is 1080. The van der Waals surface area contributed by atoms with Gasteiger partial charge in [-0.2, -0.15) is 0 Å². The van der Waals surface area contributed by atoms with Gasteiger partial charge in [0.1, 0.15) is 17.4 Å². The van der Waals surface area contributed by atoms with Gasteiger partial charge in [-0.15, -0.1) is 0 Å². The lowest BCUT2D eigenvalue weighted by Gasteiger charge is -2.22. The van der Waals surface area contributed by atoms with E-state index in [0.29, 0.717) is 15.8 Å². The number of aryl methyl sites for hydroxylation is 1. The predicted molar refractivity (Wildman–Crippen MR) is 119 cm³/mol. The fourth-order valence-electron chi connectivity index (χ4n) is 3.89. The molecule has 0 bridgehead atoms. The first-order valence-corrected chi connectivity index (χ1v) is 10.4. The molecular weight excluding hydrogens is 409 g/mol. The lowest BCUT2D eigenvalue weighted by molar-refractivity contribution is 0.144. The molecule has 0 amide bonds. The molecule has 2 heterocycles. The zero-order chi connectivity index (χ0) is 20.5. The smallest absolute Gasteiger partial charge is 0.203 e. The van der Waals surface area contributed by atoms with Crippen molar-refractivity contribution in [1.29, 1.82) is 0 Å². The number of nitrogens with one attached hydrogen (secondary N) is 1. The molecule has 0 aliphatic carbocycles. The highest BCUT2D eigenvalue weighted by molar-refractivity contribution is 6.39. The number of anilines is 1. The van der Waals surface area contributed by atoms with Gasteiger partial charge in [0, 0.05) is 29.8 Å². The highest BCUT2D eigenvalue weighted by Gasteiger charge is 2.26. The highest BCUT2D eigenvalue weighted by Crippen LogP contribution is 2.44. The Hall–Kier alpha value is -2.37. The number of imidazole rings is 1. The normalized spacial score (nSPS) is 14.2. The van der Waals surface area contributed by atoms with Crippen LogP contribution < -0.4 is 10.1 Å². The molecule has 0 radical (unpaired) electrons. The molecule has 7 heteroatoms. The van der Waals surface area contributed by atoms with E-state index in [2.05, 4.69) is 29.5 Å². The highest BCUT2D eigenvalue weighted by atomic mass is 35.5. The van der Waals surface area contributed by atoms with Crippen LogP contribution >= 0.6 is 23.2 Å². The van der Waals surface area contributed by atoms with Crippen LogP contribution in [0.2, 0.25) is 10.0 Å². The summed E-state index contributed by atoms with van der Waals surface area (Å²) >= 11 is 13.5. The third-order valence-electron chi connectivity index (χ3n) is 5.27. The van der Waals surface area contributed by atoms with Gasteiger partial charge in [-0.1, -0.05) is 36.7 Å². The molecule has 0 spiro atoms. The van der Waals surface area contributed by atoms with E-state index in [1.165, 1.54) is 6.26 Å². The largest absolute Gasteiger partial charge is 0.497 e. The summed E-state index contributed by atoms with van der Waals surface area (Å²) in [6, 6.07) is 7.65. The first-order chi connectivity index (χ1) is 14.1. The number of benzene rings is 2. The molecule has 0 saturated carbocycles. The van der Waals surface area contributed by atoms with E-state index in [1.54, 1.807) is 13.2 Å². The monoisotopic (exact) mass is 431 g/mol. The van der Waals surface area contributed by atoms with Crippen molar-refractivity contribution in [3.8, 4) is 16.9 Å². The molecule has 2 aromatic carbocycles. The molecule has 5 nitrogen and oxygen atoms in total. The van der Waals surface area contributed by atoms with Gasteiger partial charge in [0.15, 0.2) is 0 Å². The Morgan fingerprint density at radius 2 is 2.14 bits per heavy atom. The topological polar surface area (TPSA) is 48.3 Å². The number of methoxy groups -OCH3 is 1. The van der Waals surface area contributed by atoms with Gasteiger partial charge in [-0.3, -0.25) is 0 Å². The van der Waals surface area contributed by atoms with E-state index in [0.717, 1.165) is 59.6 Å². The summed E-state index contributed by atoms with van der Waals surface area (Å²) in [5.41, 5.74) is 4.42. The first kappa shape index (κ1) is 19.9. The SMILES string of the molecule is C=COC(CC)c1cc(-c2ccc(OC)cc2Cl)c(Cl)c2nc3n(c12)CCCN3. The molecule has 1 N–H and O–H groups in total. The predicted octanol–water partition coefficient (Wildman–Crippen LogP) is 6.45. The van der Waals surface area contributed by atoms with Crippen molar-refractivity contribution < 1.29 is 9.47 Å². The summed E-state index contributed by atoms with van der Waals surface area (Å²) in [7, 11) is 1.61. The molecule has 4 rings (SSSR count). The van der Waals surface area contributed by atoms with Crippen molar-refractivity contribution in [3.05, 3.63) is 52.7 Å². The van der Waals surface area contributed by atoms with Crippen LogP contribution in [0, 0.1) is 0 Å². The number of hydrogen-bond acceptors (Lipinski definition) is 4. The quantitative estimate of drug-likeness (QED) is 0.455. The first-order valence-electron chi connectivity index (χ1n) is 9.65. The van der Waals surface area contributed by atoms with Crippen molar-refractivity contribution in [2.75, 3.05) is 19.0 Å². The summed E-state index contributed by atoms with van der Waals surface area (Å²) in [5.74, 6) is 1.53. The third-order valence-corrected chi connectivity index (χ3v) is 5.97. The van der Waals surface area contributed by atoms with E-state index < -0.39 is 0 Å². The van der Waals surface area contributed by atoms with Crippen molar-refractivity contribution in [3.63, 3.8) is 0 Å².